The first-order valence-corrected chi connectivity index (χ1v) is 4.05. The molecule has 0 aromatic heterocycles. The number of aryl methyl sites for hydroxylation is 1. The molecule has 0 radical (unpaired) electrons. The molecule has 0 atom stereocenters. The van der Waals surface area contributed by atoms with Gasteiger partial charge in [0.25, 0.3) is 0 Å². The molecule has 1 aromatic rings. The lowest BCUT2D eigenvalue weighted by molar-refractivity contribution is 0.234. The van der Waals surface area contributed by atoms with E-state index in [9.17, 15) is 0 Å². The van der Waals surface area contributed by atoms with E-state index in [0.29, 0.717) is 6.61 Å². The number of benzene rings is 1. The van der Waals surface area contributed by atoms with Crippen LogP contribution in [-0.2, 0) is 4.74 Å². The van der Waals surface area contributed by atoms with Gasteiger partial charge in [0.05, 0.1) is 6.61 Å². The summed E-state index contributed by atoms with van der Waals surface area (Å²) in [6.45, 7) is 2.78. The van der Waals surface area contributed by atoms with Crippen LogP contribution in [0.25, 0.3) is 6.08 Å². The third kappa shape index (κ3) is 2.51. The highest BCUT2D eigenvalue weighted by Gasteiger charge is 1.89. The van der Waals surface area contributed by atoms with Crippen LogP contribution in [0.2, 0.25) is 0 Å². The molecule has 0 fully saturated rings. The molecule has 0 bridgehead atoms. The molecule has 64 valence electrons. The molecule has 0 N–H and O–H groups in total. The Bertz CT molecular complexity index is 263. The number of hydrogen-bond donors (Lipinski definition) is 0. The minimum absolute atomic E-state index is 0.675. The van der Waals surface area contributed by atoms with Gasteiger partial charge in [0, 0.05) is 7.11 Å². The van der Waals surface area contributed by atoms with Crippen LogP contribution in [0, 0.1) is 6.92 Å². The fourth-order valence-electron chi connectivity index (χ4n) is 1.05. The van der Waals surface area contributed by atoms with E-state index < -0.39 is 0 Å². The number of rotatable bonds is 3. The molecule has 0 amide bonds. The van der Waals surface area contributed by atoms with Gasteiger partial charge in [-0.3, -0.25) is 0 Å². The van der Waals surface area contributed by atoms with Crippen LogP contribution in [0.3, 0.4) is 0 Å². The van der Waals surface area contributed by atoms with Gasteiger partial charge < -0.3 is 4.74 Å². The van der Waals surface area contributed by atoms with E-state index in [1.54, 1.807) is 7.11 Å². The SMILES string of the molecule is COCC=Cc1ccccc1C. The van der Waals surface area contributed by atoms with Crippen molar-refractivity contribution in [3.05, 3.63) is 41.5 Å². The molecule has 1 aromatic carbocycles. The van der Waals surface area contributed by atoms with E-state index in [2.05, 4.69) is 25.1 Å². The highest BCUT2D eigenvalue weighted by molar-refractivity contribution is 5.53. The van der Waals surface area contributed by atoms with Crippen LogP contribution < -0.4 is 0 Å². The van der Waals surface area contributed by atoms with Gasteiger partial charge in [-0.05, 0) is 18.1 Å². The van der Waals surface area contributed by atoms with Crippen LogP contribution in [0.4, 0.5) is 0 Å². The maximum absolute atomic E-state index is 4.92. The average Bonchev–Trinajstić information content (AvgIpc) is 2.09. The molecule has 0 aliphatic carbocycles. The summed E-state index contributed by atoms with van der Waals surface area (Å²) in [4.78, 5) is 0. The Hall–Kier alpha value is -1.08. The molecule has 0 unspecified atom stereocenters. The lowest BCUT2D eigenvalue weighted by Gasteiger charge is -1.97. The molecule has 0 aliphatic rings. The summed E-state index contributed by atoms with van der Waals surface area (Å²) in [5.74, 6) is 0. The normalized spacial score (nSPS) is 10.8. The molecule has 0 heterocycles. The molecule has 1 rings (SSSR count). The molecular weight excluding hydrogens is 148 g/mol. The summed E-state index contributed by atoms with van der Waals surface area (Å²) < 4.78 is 4.92. The van der Waals surface area contributed by atoms with Crippen molar-refractivity contribution < 1.29 is 4.74 Å². The molecule has 1 heteroatoms. The third-order valence-electron chi connectivity index (χ3n) is 1.75. The van der Waals surface area contributed by atoms with E-state index >= 15 is 0 Å². The zero-order valence-corrected chi connectivity index (χ0v) is 7.58. The summed E-state index contributed by atoms with van der Waals surface area (Å²) in [6.07, 6.45) is 4.10. The van der Waals surface area contributed by atoms with Crippen molar-refractivity contribution in [1.82, 2.24) is 0 Å². The van der Waals surface area contributed by atoms with E-state index in [1.165, 1.54) is 11.1 Å². The predicted octanol–water partition coefficient (Wildman–Crippen LogP) is 2.65. The molecular formula is C11H14O. The second kappa shape index (κ2) is 4.73. The van der Waals surface area contributed by atoms with Crippen LogP contribution in [0.1, 0.15) is 11.1 Å². The smallest absolute Gasteiger partial charge is 0.0646 e. The lowest BCUT2D eigenvalue weighted by Crippen LogP contribution is -1.82. The Labute approximate surface area is 73.7 Å². The topological polar surface area (TPSA) is 9.23 Å². The van der Waals surface area contributed by atoms with Gasteiger partial charge in [0.15, 0.2) is 0 Å². The van der Waals surface area contributed by atoms with Crippen molar-refractivity contribution in [3.63, 3.8) is 0 Å². The largest absolute Gasteiger partial charge is 0.381 e. The highest BCUT2D eigenvalue weighted by Crippen LogP contribution is 2.08. The minimum atomic E-state index is 0.675. The number of hydrogen-bond acceptors (Lipinski definition) is 1. The Morgan fingerprint density at radius 3 is 2.75 bits per heavy atom. The van der Waals surface area contributed by atoms with Gasteiger partial charge in [-0.15, -0.1) is 0 Å². The standard InChI is InChI=1S/C11H14O/c1-10-6-3-4-7-11(10)8-5-9-12-2/h3-8H,9H2,1-2H3. The Kier molecular flexibility index (Phi) is 3.55. The van der Waals surface area contributed by atoms with Crippen molar-refractivity contribution in [2.45, 2.75) is 6.92 Å². The Morgan fingerprint density at radius 2 is 2.08 bits per heavy atom. The number of methoxy groups -OCH3 is 1. The van der Waals surface area contributed by atoms with Gasteiger partial charge in [-0.1, -0.05) is 36.4 Å². The summed E-state index contributed by atoms with van der Waals surface area (Å²) in [5, 5.41) is 0. The fraction of sp³-hybridized carbons (Fsp3) is 0.273. The summed E-state index contributed by atoms with van der Waals surface area (Å²) >= 11 is 0. The van der Waals surface area contributed by atoms with E-state index in [-0.39, 0.29) is 0 Å². The maximum atomic E-state index is 4.92. The Balaban J connectivity index is 2.68. The molecule has 0 saturated carbocycles. The minimum Gasteiger partial charge on any atom is -0.381 e. The predicted molar refractivity (Wildman–Crippen MR) is 52.1 cm³/mol. The highest BCUT2D eigenvalue weighted by atomic mass is 16.5. The van der Waals surface area contributed by atoms with E-state index in [1.807, 2.05) is 18.2 Å². The molecule has 1 nitrogen and oxygen atoms in total. The summed E-state index contributed by atoms with van der Waals surface area (Å²) in [6, 6.07) is 8.29. The lowest BCUT2D eigenvalue weighted by atomic mass is 10.1. The van der Waals surface area contributed by atoms with Crippen LogP contribution in [0.5, 0.6) is 0 Å². The fourth-order valence-corrected chi connectivity index (χ4v) is 1.05. The molecule has 0 aliphatic heterocycles. The zero-order valence-electron chi connectivity index (χ0n) is 7.58. The molecule has 0 spiro atoms. The number of ether oxygens (including phenoxy) is 1. The monoisotopic (exact) mass is 162 g/mol. The zero-order chi connectivity index (χ0) is 8.81. The summed E-state index contributed by atoms with van der Waals surface area (Å²) in [5.41, 5.74) is 2.56. The second-order valence-electron chi connectivity index (χ2n) is 2.71. The first-order chi connectivity index (χ1) is 5.84. The van der Waals surface area contributed by atoms with Crippen molar-refractivity contribution in [2.75, 3.05) is 13.7 Å². The van der Waals surface area contributed by atoms with Crippen molar-refractivity contribution in [2.24, 2.45) is 0 Å². The van der Waals surface area contributed by atoms with Crippen molar-refractivity contribution >= 4 is 6.08 Å². The Morgan fingerprint density at radius 1 is 1.33 bits per heavy atom. The molecule has 12 heavy (non-hydrogen) atoms. The van der Waals surface area contributed by atoms with Gasteiger partial charge in [-0.2, -0.15) is 0 Å². The van der Waals surface area contributed by atoms with Gasteiger partial charge in [0.1, 0.15) is 0 Å². The van der Waals surface area contributed by atoms with E-state index in [4.69, 9.17) is 4.74 Å². The van der Waals surface area contributed by atoms with Crippen molar-refractivity contribution in [1.29, 1.82) is 0 Å². The van der Waals surface area contributed by atoms with Gasteiger partial charge in [-0.25, -0.2) is 0 Å². The van der Waals surface area contributed by atoms with Crippen molar-refractivity contribution in [3.8, 4) is 0 Å². The molecule has 0 saturated heterocycles. The quantitative estimate of drug-likeness (QED) is 0.664. The van der Waals surface area contributed by atoms with Crippen LogP contribution >= 0.6 is 0 Å². The van der Waals surface area contributed by atoms with Crippen LogP contribution in [0.15, 0.2) is 30.3 Å². The second-order valence-corrected chi connectivity index (χ2v) is 2.71. The first-order valence-electron chi connectivity index (χ1n) is 4.05. The third-order valence-corrected chi connectivity index (χ3v) is 1.75. The summed E-state index contributed by atoms with van der Waals surface area (Å²) in [7, 11) is 1.70. The van der Waals surface area contributed by atoms with Gasteiger partial charge >= 0.3 is 0 Å². The average molecular weight is 162 g/mol. The van der Waals surface area contributed by atoms with Crippen LogP contribution in [-0.4, -0.2) is 13.7 Å². The maximum Gasteiger partial charge on any atom is 0.0646 e. The van der Waals surface area contributed by atoms with E-state index in [0.717, 1.165) is 0 Å². The first kappa shape index (κ1) is 9.01. The van der Waals surface area contributed by atoms with Gasteiger partial charge in [0.2, 0.25) is 0 Å².